The number of benzene rings is 2. The highest BCUT2D eigenvalue weighted by Gasteiger charge is 2.37. The van der Waals surface area contributed by atoms with Gasteiger partial charge in [-0.25, -0.2) is 0 Å². The summed E-state index contributed by atoms with van der Waals surface area (Å²) in [5, 5.41) is 6.77. The van der Waals surface area contributed by atoms with Gasteiger partial charge in [-0.05, 0) is 58.8 Å². The second kappa shape index (κ2) is 8.25. The summed E-state index contributed by atoms with van der Waals surface area (Å²) in [5.74, 6) is 0.0788. The van der Waals surface area contributed by atoms with Crippen molar-refractivity contribution >= 4 is 39.6 Å². The predicted octanol–water partition coefficient (Wildman–Crippen LogP) is 4.57. The van der Waals surface area contributed by atoms with E-state index in [2.05, 4.69) is 5.32 Å². The van der Waals surface area contributed by atoms with Crippen molar-refractivity contribution in [1.82, 2.24) is 9.47 Å². The third-order valence-electron chi connectivity index (χ3n) is 6.88. The number of carbonyl (C=O) groups excluding carboxylic acids is 2. The zero-order valence-corrected chi connectivity index (χ0v) is 19.3. The van der Waals surface area contributed by atoms with E-state index >= 15 is 0 Å². The number of amides is 2. The molecule has 1 saturated heterocycles. The van der Waals surface area contributed by atoms with Gasteiger partial charge in [-0.3, -0.25) is 14.4 Å². The van der Waals surface area contributed by atoms with Gasteiger partial charge < -0.3 is 14.8 Å². The van der Waals surface area contributed by atoms with Crippen LogP contribution in [0.5, 0.6) is 0 Å². The van der Waals surface area contributed by atoms with Crippen LogP contribution in [0.25, 0.3) is 10.8 Å². The zero-order chi connectivity index (χ0) is 23.2. The number of aromatic nitrogens is 1. The van der Waals surface area contributed by atoms with E-state index in [1.54, 1.807) is 16.7 Å². The first-order valence-electron chi connectivity index (χ1n) is 11.4. The Morgan fingerprint density at radius 2 is 1.76 bits per heavy atom. The molecule has 6 rings (SSSR count). The molecule has 0 radical (unpaired) electrons. The number of piperidine rings is 1. The average molecular weight is 470 g/mol. The van der Waals surface area contributed by atoms with E-state index in [9.17, 15) is 14.4 Å². The first-order chi connectivity index (χ1) is 16.6. The van der Waals surface area contributed by atoms with Crippen molar-refractivity contribution < 1.29 is 9.59 Å². The monoisotopic (exact) mass is 469 g/mol. The lowest BCUT2D eigenvalue weighted by Gasteiger charge is -2.43. The number of rotatable bonds is 3. The summed E-state index contributed by atoms with van der Waals surface area (Å²) in [4.78, 5) is 41.5. The molecule has 2 unspecified atom stereocenters. The molecule has 0 saturated carbocycles. The molecule has 2 aliphatic heterocycles. The minimum atomic E-state index is -0.268. The van der Waals surface area contributed by atoms with Crippen molar-refractivity contribution in [3.05, 3.63) is 98.6 Å². The SMILES string of the molecule is O=C(Nc1ccc2n(c1=O)CC1CC2CN(C(=O)c2ccc3ccccc3c2)C1)c1cccs1. The normalized spacial score (nSPS) is 19.0. The summed E-state index contributed by atoms with van der Waals surface area (Å²) < 4.78 is 1.79. The molecule has 0 aliphatic carbocycles. The van der Waals surface area contributed by atoms with Crippen molar-refractivity contribution in [2.75, 3.05) is 18.4 Å². The largest absolute Gasteiger partial charge is 0.338 e. The highest BCUT2D eigenvalue weighted by atomic mass is 32.1. The number of nitrogens with one attached hydrogen (secondary N) is 1. The van der Waals surface area contributed by atoms with Crippen LogP contribution in [0.2, 0.25) is 0 Å². The topological polar surface area (TPSA) is 71.4 Å². The maximum Gasteiger partial charge on any atom is 0.274 e. The Labute approximate surface area is 200 Å². The molecule has 6 nitrogen and oxygen atoms in total. The number of hydrogen-bond donors (Lipinski definition) is 1. The summed E-state index contributed by atoms with van der Waals surface area (Å²) in [6.45, 7) is 1.76. The number of nitrogens with zero attached hydrogens (tertiary/aromatic N) is 2. The van der Waals surface area contributed by atoms with Gasteiger partial charge >= 0.3 is 0 Å². The van der Waals surface area contributed by atoms with Gasteiger partial charge in [0.1, 0.15) is 5.69 Å². The number of carbonyl (C=O) groups is 2. The molecule has 2 aliphatic rings. The van der Waals surface area contributed by atoms with Gasteiger partial charge in [0.2, 0.25) is 0 Å². The van der Waals surface area contributed by atoms with Crippen molar-refractivity contribution in [1.29, 1.82) is 0 Å². The van der Waals surface area contributed by atoms with Gasteiger partial charge in [-0.15, -0.1) is 11.3 Å². The van der Waals surface area contributed by atoms with Crippen LogP contribution in [0, 0.1) is 5.92 Å². The molecule has 0 spiro atoms. The van der Waals surface area contributed by atoms with Gasteiger partial charge in [-0.2, -0.15) is 0 Å². The molecule has 2 aromatic heterocycles. The average Bonchev–Trinajstić information content (AvgIpc) is 3.40. The minimum Gasteiger partial charge on any atom is -0.338 e. The van der Waals surface area contributed by atoms with Crippen LogP contribution >= 0.6 is 11.3 Å². The standard InChI is InChI=1S/C27H23N3O3S/c31-25(24-6-3-11-34-24)28-22-9-10-23-21-12-17(15-30(23)27(22)33)14-29(16-21)26(32)20-8-7-18-4-1-2-5-19(18)13-20/h1-11,13,17,21H,12,14-16H2,(H,28,31). The third-order valence-corrected chi connectivity index (χ3v) is 7.75. The molecule has 2 amide bonds. The van der Waals surface area contributed by atoms with E-state index in [4.69, 9.17) is 0 Å². The Kier molecular flexibility index (Phi) is 5.07. The molecular weight excluding hydrogens is 446 g/mol. The van der Waals surface area contributed by atoms with Crippen LogP contribution in [0.1, 0.15) is 38.1 Å². The van der Waals surface area contributed by atoms with E-state index in [1.807, 2.05) is 64.9 Å². The van der Waals surface area contributed by atoms with Crippen molar-refractivity contribution in [3.63, 3.8) is 0 Å². The maximum atomic E-state index is 13.4. The van der Waals surface area contributed by atoms with E-state index in [-0.39, 0.29) is 29.2 Å². The molecule has 1 N–H and O–H groups in total. The van der Waals surface area contributed by atoms with Crippen LogP contribution in [0.4, 0.5) is 5.69 Å². The van der Waals surface area contributed by atoms with E-state index < -0.39 is 0 Å². The van der Waals surface area contributed by atoms with Crippen LogP contribution in [0.3, 0.4) is 0 Å². The summed E-state index contributed by atoms with van der Waals surface area (Å²) >= 11 is 1.34. The predicted molar refractivity (Wildman–Crippen MR) is 134 cm³/mol. The fourth-order valence-corrected chi connectivity index (χ4v) is 5.92. The Morgan fingerprint density at radius 3 is 2.59 bits per heavy atom. The Balaban J connectivity index is 1.25. The molecule has 7 heteroatoms. The fourth-order valence-electron chi connectivity index (χ4n) is 5.30. The number of likely N-dealkylation sites (tertiary alicyclic amines) is 1. The summed E-state index contributed by atoms with van der Waals surface area (Å²) in [7, 11) is 0. The molecule has 2 atom stereocenters. The fraction of sp³-hybridized carbons (Fsp3) is 0.222. The quantitative estimate of drug-likeness (QED) is 0.478. The van der Waals surface area contributed by atoms with Gasteiger partial charge in [0, 0.05) is 36.8 Å². The summed E-state index contributed by atoms with van der Waals surface area (Å²) in [6, 6.07) is 21.1. The molecule has 2 aromatic carbocycles. The van der Waals surface area contributed by atoms with Gasteiger partial charge in [-0.1, -0.05) is 36.4 Å². The Hall–Kier alpha value is -3.71. The van der Waals surface area contributed by atoms with Crippen LogP contribution in [0.15, 0.2) is 76.9 Å². The maximum absolute atomic E-state index is 13.4. The lowest BCUT2D eigenvalue weighted by atomic mass is 9.83. The van der Waals surface area contributed by atoms with Crippen molar-refractivity contribution in [2.45, 2.75) is 18.9 Å². The van der Waals surface area contributed by atoms with Gasteiger partial charge in [0.05, 0.1) is 4.88 Å². The number of fused-ring (bicyclic) bond motifs is 5. The van der Waals surface area contributed by atoms with Gasteiger partial charge in [0.25, 0.3) is 17.4 Å². The first-order valence-corrected chi connectivity index (χ1v) is 12.3. The number of thiophene rings is 1. The first kappa shape index (κ1) is 20.9. The molecule has 170 valence electrons. The van der Waals surface area contributed by atoms with E-state index in [0.29, 0.717) is 35.8 Å². The molecule has 1 fully saturated rings. The lowest BCUT2D eigenvalue weighted by molar-refractivity contribution is 0.0594. The molecule has 2 bridgehead atoms. The van der Waals surface area contributed by atoms with E-state index in [0.717, 1.165) is 22.9 Å². The highest BCUT2D eigenvalue weighted by molar-refractivity contribution is 7.12. The highest BCUT2D eigenvalue weighted by Crippen LogP contribution is 2.36. The second-order valence-corrected chi connectivity index (χ2v) is 10.0. The smallest absolute Gasteiger partial charge is 0.274 e. The number of pyridine rings is 1. The zero-order valence-electron chi connectivity index (χ0n) is 18.4. The second-order valence-electron chi connectivity index (χ2n) is 9.09. The van der Waals surface area contributed by atoms with E-state index in [1.165, 1.54) is 11.3 Å². The molecule has 4 aromatic rings. The number of anilines is 1. The van der Waals surface area contributed by atoms with Crippen LogP contribution in [-0.4, -0.2) is 34.4 Å². The van der Waals surface area contributed by atoms with Crippen molar-refractivity contribution in [3.8, 4) is 0 Å². The summed E-state index contributed by atoms with van der Waals surface area (Å²) in [6.07, 6.45) is 0.960. The molecule has 34 heavy (non-hydrogen) atoms. The molecular formula is C27H23N3O3S. The van der Waals surface area contributed by atoms with Crippen LogP contribution < -0.4 is 10.9 Å². The number of hydrogen-bond acceptors (Lipinski definition) is 4. The molecule has 4 heterocycles. The van der Waals surface area contributed by atoms with Gasteiger partial charge in [0.15, 0.2) is 0 Å². The Bertz CT molecular complexity index is 1470. The Morgan fingerprint density at radius 1 is 0.912 bits per heavy atom. The minimum absolute atomic E-state index is 0.0380. The third kappa shape index (κ3) is 3.62. The van der Waals surface area contributed by atoms with Crippen molar-refractivity contribution in [2.24, 2.45) is 5.92 Å². The summed E-state index contributed by atoms with van der Waals surface area (Å²) in [5.41, 5.74) is 1.76. The van der Waals surface area contributed by atoms with Crippen LogP contribution in [-0.2, 0) is 6.54 Å². The lowest BCUT2D eigenvalue weighted by Crippen LogP contribution is -2.49.